The molecule has 1 aromatic carbocycles. The van der Waals surface area contributed by atoms with Gasteiger partial charge in [0.05, 0.1) is 10.8 Å². The third-order valence-corrected chi connectivity index (χ3v) is 11.8. The predicted molar refractivity (Wildman–Crippen MR) is 217 cm³/mol. The molecule has 2 aliphatic carbocycles. The van der Waals surface area contributed by atoms with Gasteiger partial charge < -0.3 is 15.3 Å². The minimum atomic E-state index is -0.914. The summed E-state index contributed by atoms with van der Waals surface area (Å²) in [6.07, 6.45) is 17.3. The van der Waals surface area contributed by atoms with Gasteiger partial charge in [0.25, 0.3) is 5.91 Å². The predicted octanol–water partition coefficient (Wildman–Crippen LogP) is 9.84. The molecule has 2 unspecified atom stereocenters. The topological polar surface area (TPSA) is 112 Å². The van der Waals surface area contributed by atoms with E-state index in [2.05, 4.69) is 76.8 Å². The molecule has 3 atom stereocenters. The monoisotopic (exact) mass is 742 g/mol. The summed E-state index contributed by atoms with van der Waals surface area (Å²) in [7, 11) is 0. The third-order valence-electron chi connectivity index (χ3n) is 10.3. The molecular weight excluding hydrogens is 681 g/mol. The number of nitrogens with one attached hydrogen (secondary N) is 1. The summed E-state index contributed by atoms with van der Waals surface area (Å²) in [5.41, 5.74) is 4.02. The molecule has 3 heterocycles. The van der Waals surface area contributed by atoms with Gasteiger partial charge in [-0.3, -0.25) is 14.4 Å². The largest absolute Gasteiger partial charge is 0.481 e. The second-order valence-electron chi connectivity index (χ2n) is 16.5. The smallest absolute Gasteiger partial charge is 0.310 e. The number of hydrogen-bond acceptors (Lipinski definition) is 6. The number of hydrogen-bond donors (Lipinski definition) is 2. The van der Waals surface area contributed by atoms with Crippen LogP contribution in [0.5, 0.6) is 0 Å². The van der Waals surface area contributed by atoms with Crippen LogP contribution in [-0.2, 0) is 21.4 Å². The molecule has 8 nitrogen and oxygen atoms in total. The lowest BCUT2D eigenvalue weighted by molar-refractivity contribution is -0.153. The van der Waals surface area contributed by atoms with Gasteiger partial charge in [0.1, 0.15) is 6.04 Å². The molecular formula is C44H62N4O4S. The van der Waals surface area contributed by atoms with E-state index in [1.807, 2.05) is 42.7 Å². The molecule has 2 amide bonds. The van der Waals surface area contributed by atoms with Crippen LogP contribution in [-0.4, -0.2) is 56.9 Å². The number of rotatable bonds is 8. The van der Waals surface area contributed by atoms with Crippen LogP contribution >= 0.6 is 11.3 Å². The summed E-state index contributed by atoms with van der Waals surface area (Å²) in [5, 5.41) is 12.2. The first-order chi connectivity index (χ1) is 25.2. The second-order valence-corrected chi connectivity index (χ2v) is 17.6. The summed E-state index contributed by atoms with van der Waals surface area (Å²) < 4.78 is 0. The van der Waals surface area contributed by atoms with Gasteiger partial charge in [0, 0.05) is 47.9 Å². The van der Waals surface area contributed by atoms with E-state index in [9.17, 15) is 19.5 Å². The van der Waals surface area contributed by atoms with Gasteiger partial charge in [-0.25, -0.2) is 9.97 Å². The van der Waals surface area contributed by atoms with E-state index >= 15 is 0 Å². The van der Waals surface area contributed by atoms with Crippen LogP contribution in [0.4, 0.5) is 0 Å². The molecule has 9 heteroatoms. The Labute approximate surface area is 321 Å². The van der Waals surface area contributed by atoms with Gasteiger partial charge in [-0.2, -0.15) is 0 Å². The first-order valence-electron chi connectivity index (χ1n) is 19.7. The number of allylic oxidation sites excluding steroid dienone is 2. The maximum atomic E-state index is 13.4. The Morgan fingerprint density at radius 2 is 1.53 bits per heavy atom. The molecule has 2 fully saturated rings. The molecule has 0 spiro atoms. The van der Waals surface area contributed by atoms with Crippen molar-refractivity contribution in [1.82, 2.24) is 20.2 Å². The highest BCUT2D eigenvalue weighted by Crippen LogP contribution is 2.35. The molecule has 1 saturated heterocycles. The third kappa shape index (κ3) is 12.1. The maximum absolute atomic E-state index is 13.4. The highest BCUT2D eigenvalue weighted by Gasteiger charge is 2.39. The highest BCUT2D eigenvalue weighted by atomic mass is 32.1. The summed E-state index contributed by atoms with van der Waals surface area (Å²) in [6.45, 7) is 17.7. The van der Waals surface area contributed by atoms with Crippen LogP contribution < -0.4 is 5.32 Å². The molecule has 2 aromatic heterocycles. The van der Waals surface area contributed by atoms with Gasteiger partial charge in [-0.15, -0.1) is 11.3 Å². The van der Waals surface area contributed by atoms with Crippen LogP contribution in [0.15, 0.2) is 54.9 Å². The first kappa shape index (κ1) is 41.9. The number of thiophene rings is 1. The quantitative estimate of drug-likeness (QED) is 0.238. The SMILES string of the molecule is CC1CCCCC1.CC1C[C@@H](C)CC=C1c1cnc(-c2ccc(CC(NC(=O)c3ccc(C(C)(C)C)s3)C(=O)N3CC(C(=O)O)C3)cc2)nc1.CCC. The Kier molecular flexibility index (Phi) is 15.4. The zero-order valence-electron chi connectivity index (χ0n) is 33.3. The van der Waals surface area contributed by atoms with Gasteiger partial charge in [0.2, 0.25) is 5.91 Å². The minimum absolute atomic E-state index is 0.0854. The highest BCUT2D eigenvalue weighted by molar-refractivity contribution is 7.14. The van der Waals surface area contributed by atoms with E-state index in [1.165, 1.54) is 66.8 Å². The number of nitrogens with zero attached hydrogens (tertiary/aromatic N) is 3. The molecule has 0 radical (unpaired) electrons. The number of amides is 2. The summed E-state index contributed by atoms with van der Waals surface area (Å²) in [5.74, 6) is 0.779. The molecule has 53 heavy (non-hydrogen) atoms. The number of likely N-dealkylation sites (tertiary alicyclic amines) is 1. The van der Waals surface area contributed by atoms with Crippen LogP contribution in [0.2, 0.25) is 0 Å². The number of aliphatic carboxylic acids is 1. The number of carbonyl (C=O) groups is 3. The van der Waals surface area contributed by atoms with Crippen molar-refractivity contribution >= 4 is 34.7 Å². The van der Waals surface area contributed by atoms with Crippen molar-refractivity contribution in [3.63, 3.8) is 0 Å². The van der Waals surface area contributed by atoms with Gasteiger partial charge >= 0.3 is 5.97 Å². The summed E-state index contributed by atoms with van der Waals surface area (Å²) in [6, 6.07) is 10.6. The van der Waals surface area contributed by atoms with Crippen LogP contribution in [0.25, 0.3) is 17.0 Å². The van der Waals surface area contributed by atoms with Gasteiger partial charge in [-0.1, -0.05) is 124 Å². The van der Waals surface area contributed by atoms with E-state index in [0.29, 0.717) is 22.5 Å². The van der Waals surface area contributed by atoms with Crippen molar-refractivity contribution in [2.45, 2.75) is 125 Å². The van der Waals surface area contributed by atoms with Crippen LogP contribution in [0.3, 0.4) is 0 Å². The molecule has 288 valence electrons. The Morgan fingerprint density at radius 1 is 0.906 bits per heavy atom. The minimum Gasteiger partial charge on any atom is -0.481 e. The Bertz CT molecular complexity index is 1660. The average molecular weight is 743 g/mol. The lowest BCUT2D eigenvalue weighted by Gasteiger charge is -2.38. The van der Waals surface area contributed by atoms with Gasteiger partial charge in [0.15, 0.2) is 5.82 Å². The Hall–Kier alpha value is -3.85. The van der Waals surface area contributed by atoms with E-state index in [0.717, 1.165) is 33.9 Å². The van der Waals surface area contributed by atoms with E-state index < -0.39 is 17.9 Å². The number of carbonyl (C=O) groups excluding carboxylic acids is 2. The zero-order chi connectivity index (χ0) is 38.7. The molecule has 0 bridgehead atoms. The molecule has 2 N–H and O–H groups in total. The fourth-order valence-corrected chi connectivity index (χ4v) is 8.01. The standard InChI is InChI=1S/C34H40N4O4S.C7H14.C3H8/c1-20-6-11-26(21(2)14-20)24-16-35-30(36-17-24)23-9-7-22(8-10-23)15-27(32(40)38-18-25(19-38)33(41)42)37-31(39)28-12-13-29(43-28)34(3,4)5;1-7-5-3-2-4-6-7;1-3-2/h7-13,16-17,20-21,25,27H,6,14-15,18-19H2,1-5H3,(H,37,39)(H,41,42);7H,2-6H2,1H3;3H2,1-2H3/t20-,21?,27?;;/m0../s1. The first-order valence-corrected chi connectivity index (χ1v) is 20.6. The average Bonchev–Trinajstić information content (AvgIpc) is 3.61. The fourth-order valence-electron chi connectivity index (χ4n) is 7.04. The molecule has 6 rings (SSSR count). The number of benzene rings is 1. The summed E-state index contributed by atoms with van der Waals surface area (Å²) >= 11 is 1.42. The summed E-state index contributed by atoms with van der Waals surface area (Å²) in [4.78, 5) is 50.4. The Morgan fingerprint density at radius 3 is 2.04 bits per heavy atom. The number of aromatic nitrogens is 2. The van der Waals surface area contributed by atoms with E-state index in [4.69, 9.17) is 0 Å². The van der Waals surface area contributed by atoms with Crippen molar-refractivity contribution < 1.29 is 19.5 Å². The second kappa shape index (κ2) is 19.5. The zero-order valence-corrected chi connectivity index (χ0v) is 34.1. The Balaban J connectivity index is 0.000000548. The van der Waals surface area contributed by atoms with E-state index in [-0.39, 0.29) is 36.7 Å². The van der Waals surface area contributed by atoms with Crippen molar-refractivity contribution in [3.8, 4) is 11.4 Å². The van der Waals surface area contributed by atoms with Gasteiger partial charge in [-0.05, 0) is 59.3 Å². The van der Waals surface area contributed by atoms with Crippen molar-refractivity contribution in [3.05, 3.63) is 75.7 Å². The molecule has 1 saturated carbocycles. The molecule has 3 aliphatic rings. The van der Waals surface area contributed by atoms with Crippen molar-refractivity contribution in [1.29, 1.82) is 0 Å². The molecule has 3 aromatic rings. The lowest BCUT2D eigenvalue weighted by atomic mass is 9.81. The normalized spacial score (nSPS) is 19.7. The van der Waals surface area contributed by atoms with Crippen molar-refractivity contribution in [2.75, 3.05) is 13.1 Å². The van der Waals surface area contributed by atoms with Crippen LogP contribution in [0, 0.1) is 23.7 Å². The van der Waals surface area contributed by atoms with Crippen molar-refractivity contribution in [2.24, 2.45) is 23.7 Å². The number of carboxylic acids is 1. The maximum Gasteiger partial charge on any atom is 0.310 e. The fraction of sp³-hybridized carbons (Fsp3) is 0.568. The number of carboxylic acid groups (broad SMARTS) is 1. The lowest BCUT2D eigenvalue weighted by Crippen LogP contribution is -2.59. The van der Waals surface area contributed by atoms with E-state index in [1.54, 1.807) is 6.07 Å². The van der Waals surface area contributed by atoms with Crippen LogP contribution in [0.1, 0.15) is 132 Å². The molecule has 1 aliphatic heterocycles.